The van der Waals surface area contributed by atoms with Gasteiger partial charge >= 0.3 is 0 Å². The quantitative estimate of drug-likeness (QED) is 0.563. The molecule has 0 bridgehead atoms. The number of benzene rings is 1. The summed E-state index contributed by atoms with van der Waals surface area (Å²) in [4.78, 5) is 0. The van der Waals surface area contributed by atoms with Crippen LogP contribution in [0.4, 0.5) is 0 Å². The fraction of sp³-hybridized carbons (Fsp3) is 0.304. The summed E-state index contributed by atoms with van der Waals surface area (Å²) in [5.74, 6) is 0. The van der Waals surface area contributed by atoms with E-state index >= 15 is 0 Å². The highest BCUT2D eigenvalue weighted by molar-refractivity contribution is 5.51. The Morgan fingerprint density at radius 3 is 2.46 bits per heavy atom. The summed E-state index contributed by atoms with van der Waals surface area (Å²) in [5, 5.41) is 3.09. The van der Waals surface area contributed by atoms with E-state index < -0.39 is 0 Å². The molecule has 0 unspecified atom stereocenters. The third-order valence-corrected chi connectivity index (χ3v) is 3.56. The molecule has 24 heavy (non-hydrogen) atoms. The van der Waals surface area contributed by atoms with Crippen LogP contribution in [0.2, 0.25) is 0 Å². The molecule has 0 atom stereocenters. The molecule has 0 spiro atoms. The first-order chi connectivity index (χ1) is 11.2. The second kappa shape index (κ2) is 9.12. The molecule has 1 aromatic rings. The van der Waals surface area contributed by atoms with Crippen molar-refractivity contribution in [1.82, 2.24) is 5.32 Å². The standard InChI is InChI=1S/C23H31N/c1-18(2)24-20(4)16-15-19(3)11-8-9-12-21-13-10-14-22(17-21)23(5,6)7/h9-17,24H,1,4,8H2,2-3,5-7H3/b12-9+,16-15-,19-11-. The Morgan fingerprint density at radius 1 is 1.12 bits per heavy atom. The van der Waals surface area contributed by atoms with E-state index in [4.69, 9.17) is 0 Å². The molecule has 0 amide bonds. The van der Waals surface area contributed by atoms with Gasteiger partial charge in [-0.1, -0.05) is 88.1 Å². The minimum absolute atomic E-state index is 0.186. The molecule has 1 nitrogen and oxygen atoms in total. The normalized spacial score (nSPS) is 12.8. The van der Waals surface area contributed by atoms with Crippen LogP contribution in [-0.4, -0.2) is 0 Å². The van der Waals surface area contributed by atoms with E-state index in [1.165, 1.54) is 16.7 Å². The second-order valence-corrected chi connectivity index (χ2v) is 7.23. The molecule has 0 saturated carbocycles. The number of allylic oxidation sites excluding steroid dienone is 6. The van der Waals surface area contributed by atoms with Crippen molar-refractivity contribution in [2.24, 2.45) is 0 Å². The molecule has 1 heteroatoms. The van der Waals surface area contributed by atoms with Crippen molar-refractivity contribution in [3.05, 3.63) is 89.8 Å². The number of nitrogens with one attached hydrogen (secondary N) is 1. The van der Waals surface area contributed by atoms with E-state index in [0.29, 0.717) is 0 Å². The van der Waals surface area contributed by atoms with Crippen molar-refractivity contribution in [3.63, 3.8) is 0 Å². The third-order valence-electron chi connectivity index (χ3n) is 3.56. The van der Waals surface area contributed by atoms with Gasteiger partial charge in [0.2, 0.25) is 0 Å². The maximum atomic E-state index is 3.93. The Balaban J connectivity index is 2.60. The Bertz CT molecular complexity index is 664. The summed E-state index contributed by atoms with van der Waals surface area (Å²) in [6.07, 6.45) is 11.5. The van der Waals surface area contributed by atoms with Crippen molar-refractivity contribution in [2.45, 2.75) is 46.5 Å². The minimum Gasteiger partial charge on any atom is -0.360 e. The number of hydrogen-bond donors (Lipinski definition) is 1. The molecule has 128 valence electrons. The third kappa shape index (κ3) is 7.82. The maximum Gasteiger partial charge on any atom is 0.0308 e. The highest BCUT2D eigenvalue weighted by atomic mass is 14.9. The van der Waals surface area contributed by atoms with E-state index in [-0.39, 0.29) is 5.41 Å². The highest BCUT2D eigenvalue weighted by Crippen LogP contribution is 2.23. The van der Waals surface area contributed by atoms with Gasteiger partial charge in [-0.2, -0.15) is 0 Å². The van der Waals surface area contributed by atoms with Crippen LogP contribution in [-0.2, 0) is 5.41 Å². The maximum absolute atomic E-state index is 3.93. The molecule has 0 saturated heterocycles. The van der Waals surface area contributed by atoms with E-state index in [2.05, 4.69) is 94.7 Å². The predicted molar refractivity (Wildman–Crippen MR) is 109 cm³/mol. The summed E-state index contributed by atoms with van der Waals surface area (Å²) in [5.41, 5.74) is 5.76. The van der Waals surface area contributed by atoms with Gasteiger partial charge in [0.05, 0.1) is 0 Å². The first-order valence-electron chi connectivity index (χ1n) is 8.42. The van der Waals surface area contributed by atoms with Gasteiger partial charge in [-0.3, -0.25) is 0 Å². The van der Waals surface area contributed by atoms with Crippen LogP contribution in [0.1, 0.15) is 52.2 Å². The van der Waals surface area contributed by atoms with Crippen LogP contribution in [0.15, 0.2) is 78.7 Å². The summed E-state index contributed by atoms with van der Waals surface area (Å²) in [7, 11) is 0. The lowest BCUT2D eigenvalue weighted by Gasteiger charge is -2.19. The fourth-order valence-corrected chi connectivity index (χ4v) is 2.18. The van der Waals surface area contributed by atoms with Crippen molar-refractivity contribution in [2.75, 3.05) is 0 Å². The SMILES string of the molecule is C=C(C)NC(=C)/C=C\C(C)=C/C/C=C/c1cccc(C(C)(C)C)c1. The lowest BCUT2D eigenvalue weighted by Crippen LogP contribution is -2.10. The summed E-state index contributed by atoms with van der Waals surface area (Å²) >= 11 is 0. The van der Waals surface area contributed by atoms with Crippen LogP contribution in [0.25, 0.3) is 6.08 Å². The first-order valence-corrected chi connectivity index (χ1v) is 8.42. The van der Waals surface area contributed by atoms with Gasteiger partial charge in [-0.15, -0.1) is 0 Å². The Morgan fingerprint density at radius 2 is 1.83 bits per heavy atom. The van der Waals surface area contributed by atoms with Crippen LogP contribution in [0.5, 0.6) is 0 Å². The Kier molecular flexibility index (Phi) is 7.51. The van der Waals surface area contributed by atoms with Crippen LogP contribution >= 0.6 is 0 Å². The second-order valence-electron chi connectivity index (χ2n) is 7.23. The molecule has 0 radical (unpaired) electrons. The number of rotatable bonds is 7. The van der Waals surface area contributed by atoms with Gasteiger partial charge in [0, 0.05) is 11.4 Å². The van der Waals surface area contributed by atoms with Crippen molar-refractivity contribution in [1.29, 1.82) is 0 Å². The number of hydrogen-bond acceptors (Lipinski definition) is 1. The molecule has 0 aliphatic rings. The predicted octanol–water partition coefficient (Wildman–Crippen LogP) is 6.53. The Hall–Kier alpha value is -2.28. The zero-order valence-corrected chi connectivity index (χ0v) is 15.8. The van der Waals surface area contributed by atoms with E-state index in [1.54, 1.807) is 0 Å². The molecule has 0 aliphatic carbocycles. The van der Waals surface area contributed by atoms with E-state index in [0.717, 1.165) is 17.8 Å². The smallest absolute Gasteiger partial charge is 0.0308 e. The zero-order chi connectivity index (χ0) is 18.2. The molecular weight excluding hydrogens is 290 g/mol. The lowest BCUT2D eigenvalue weighted by molar-refractivity contribution is 0.590. The molecule has 0 aliphatic heterocycles. The highest BCUT2D eigenvalue weighted by Gasteiger charge is 2.12. The van der Waals surface area contributed by atoms with Crippen LogP contribution < -0.4 is 5.32 Å². The molecule has 0 aromatic heterocycles. The van der Waals surface area contributed by atoms with Gasteiger partial charge in [0.25, 0.3) is 0 Å². The zero-order valence-electron chi connectivity index (χ0n) is 15.8. The largest absolute Gasteiger partial charge is 0.360 e. The molecule has 1 rings (SSSR count). The molecule has 1 aromatic carbocycles. The van der Waals surface area contributed by atoms with Crippen molar-refractivity contribution < 1.29 is 0 Å². The first kappa shape index (κ1) is 19.8. The van der Waals surface area contributed by atoms with Gasteiger partial charge in [0.1, 0.15) is 0 Å². The van der Waals surface area contributed by atoms with E-state index in [1.807, 2.05) is 13.0 Å². The van der Waals surface area contributed by atoms with Gasteiger partial charge < -0.3 is 5.32 Å². The van der Waals surface area contributed by atoms with Crippen molar-refractivity contribution >= 4 is 6.08 Å². The lowest BCUT2D eigenvalue weighted by atomic mass is 9.86. The van der Waals surface area contributed by atoms with Gasteiger partial charge in [-0.05, 0) is 42.9 Å². The average Bonchev–Trinajstić information content (AvgIpc) is 2.48. The summed E-state index contributed by atoms with van der Waals surface area (Å²) in [6, 6.07) is 8.73. The van der Waals surface area contributed by atoms with Gasteiger partial charge in [-0.25, -0.2) is 0 Å². The topological polar surface area (TPSA) is 12.0 Å². The summed E-state index contributed by atoms with van der Waals surface area (Å²) < 4.78 is 0. The molecule has 0 heterocycles. The Labute approximate surface area is 148 Å². The van der Waals surface area contributed by atoms with Gasteiger partial charge in [0.15, 0.2) is 0 Å². The average molecular weight is 322 g/mol. The molecule has 0 fully saturated rings. The molecule has 1 N–H and O–H groups in total. The monoisotopic (exact) mass is 321 g/mol. The minimum atomic E-state index is 0.186. The summed E-state index contributed by atoms with van der Waals surface area (Å²) in [6.45, 7) is 18.5. The van der Waals surface area contributed by atoms with Crippen LogP contribution in [0.3, 0.4) is 0 Å². The van der Waals surface area contributed by atoms with E-state index in [9.17, 15) is 0 Å². The fourth-order valence-electron chi connectivity index (χ4n) is 2.18. The van der Waals surface area contributed by atoms with Crippen molar-refractivity contribution in [3.8, 4) is 0 Å². The molecular formula is C23H31N. The van der Waals surface area contributed by atoms with Crippen LogP contribution in [0, 0.1) is 0 Å².